The van der Waals surface area contributed by atoms with Gasteiger partial charge in [0.15, 0.2) is 0 Å². The van der Waals surface area contributed by atoms with Crippen LogP contribution in [0.25, 0.3) is 0 Å². The van der Waals surface area contributed by atoms with E-state index in [1.807, 2.05) is 29.2 Å². The smallest absolute Gasteiger partial charge is 0.255 e. The van der Waals surface area contributed by atoms with Crippen molar-refractivity contribution in [2.24, 2.45) is 5.92 Å². The topological polar surface area (TPSA) is 20.3 Å². The molecule has 1 heterocycles. The van der Waals surface area contributed by atoms with Crippen molar-refractivity contribution < 1.29 is 4.79 Å². The molecular weight excluding hydrogens is 290 g/mol. The molecule has 2 nitrogen and oxygen atoms in total. The van der Waals surface area contributed by atoms with Gasteiger partial charge in [0, 0.05) is 11.0 Å². The van der Waals surface area contributed by atoms with Crippen LogP contribution in [0.4, 0.5) is 0 Å². The van der Waals surface area contributed by atoms with Crippen LogP contribution in [0, 0.1) is 5.92 Å². The third-order valence-electron chi connectivity index (χ3n) is 3.99. The van der Waals surface area contributed by atoms with Crippen molar-refractivity contribution in [1.82, 2.24) is 4.90 Å². The summed E-state index contributed by atoms with van der Waals surface area (Å²) in [7, 11) is 0. The van der Waals surface area contributed by atoms with Gasteiger partial charge in [0.05, 0.1) is 11.6 Å². The molecule has 3 heteroatoms. The van der Waals surface area contributed by atoms with Crippen molar-refractivity contribution in [1.29, 1.82) is 0 Å². The second-order valence-corrected chi connectivity index (χ2v) is 5.88. The van der Waals surface area contributed by atoms with Crippen LogP contribution < -0.4 is 0 Å². The highest BCUT2D eigenvalue weighted by Crippen LogP contribution is 2.34. The van der Waals surface area contributed by atoms with E-state index < -0.39 is 0 Å². The van der Waals surface area contributed by atoms with Crippen LogP contribution in [-0.4, -0.2) is 23.4 Å². The van der Waals surface area contributed by atoms with Gasteiger partial charge in [-0.05, 0) is 53.2 Å². The minimum atomic E-state index is 0.154. The fourth-order valence-corrected chi connectivity index (χ4v) is 3.48. The van der Waals surface area contributed by atoms with Gasteiger partial charge in [-0.2, -0.15) is 0 Å². The highest BCUT2D eigenvalue weighted by molar-refractivity contribution is 9.10. The van der Waals surface area contributed by atoms with Crippen LogP contribution in [0.5, 0.6) is 0 Å². The maximum Gasteiger partial charge on any atom is 0.255 e. The number of rotatable bonds is 1. The van der Waals surface area contributed by atoms with Gasteiger partial charge in [-0.15, -0.1) is 0 Å². The molecule has 2 atom stereocenters. The van der Waals surface area contributed by atoms with E-state index in [1.165, 1.54) is 6.42 Å². The molecule has 1 aliphatic heterocycles. The van der Waals surface area contributed by atoms with Gasteiger partial charge in [0.25, 0.3) is 5.91 Å². The van der Waals surface area contributed by atoms with Gasteiger partial charge in [-0.25, -0.2) is 0 Å². The van der Waals surface area contributed by atoms with E-state index in [9.17, 15) is 4.79 Å². The second kappa shape index (κ2) is 4.88. The van der Waals surface area contributed by atoms with Gasteiger partial charge in [-0.1, -0.05) is 24.3 Å². The Morgan fingerprint density at radius 2 is 2.11 bits per heavy atom. The Morgan fingerprint density at radius 3 is 2.94 bits per heavy atom. The van der Waals surface area contributed by atoms with Crippen LogP contribution in [0.3, 0.4) is 0 Å². The summed E-state index contributed by atoms with van der Waals surface area (Å²) in [6.45, 7) is 0.889. The van der Waals surface area contributed by atoms with Crippen molar-refractivity contribution in [3.63, 3.8) is 0 Å². The summed E-state index contributed by atoms with van der Waals surface area (Å²) in [6, 6.07) is 8.00. The zero-order chi connectivity index (χ0) is 12.5. The molecule has 2 aliphatic rings. The summed E-state index contributed by atoms with van der Waals surface area (Å²) in [5.41, 5.74) is 0.775. The maximum atomic E-state index is 12.6. The number of carbonyl (C=O) groups is 1. The molecule has 1 saturated heterocycles. The molecule has 1 aromatic carbocycles. The largest absolute Gasteiger partial charge is 0.332 e. The molecular formula is C15H16BrNO. The monoisotopic (exact) mass is 305 g/mol. The standard InChI is InChI=1S/C15H16BrNO/c16-13-7-3-2-6-12(13)15(18)17-10-9-11-5-1-4-8-14(11)17/h2-4,6-8,11,14H,1,5,9-10H2/t11-,14-/m1/s1. The van der Waals surface area contributed by atoms with E-state index in [1.54, 1.807) is 0 Å². The maximum absolute atomic E-state index is 12.6. The average molecular weight is 306 g/mol. The molecule has 18 heavy (non-hydrogen) atoms. The van der Waals surface area contributed by atoms with E-state index >= 15 is 0 Å². The third-order valence-corrected chi connectivity index (χ3v) is 4.68. The SMILES string of the molecule is O=C(c1ccccc1Br)N1CC[C@H]2CCC=C[C@H]21. The zero-order valence-corrected chi connectivity index (χ0v) is 11.8. The minimum absolute atomic E-state index is 0.154. The Hall–Kier alpha value is -1.09. The number of fused-ring (bicyclic) bond motifs is 1. The minimum Gasteiger partial charge on any atom is -0.332 e. The lowest BCUT2D eigenvalue weighted by atomic mass is 9.90. The van der Waals surface area contributed by atoms with Gasteiger partial charge in [0.1, 0.15) is 0 Å². The molecule has 1 aliphatic carbocycles. The van der Waals surface area contributed by atoms with E-state index in [0.29, 0.717) is 12.0 Å². The summed E-state index contributed by atoms with van der Waals surface area (Å²) in [5, 5.41) is 0. The summed E-state index contributed by atoms with van der Waals surface area (Å²) in [6.07, 6.45) is 7.97. The van der Waals surface area contributed by atoms with Crippen molar-refractivity contribution in [2.45, 2.75) is 25.3 Å². The van der Waals surface area contributed by atoms with E-state index in [0.717, 1.165) is 29.4 Å². The van der Waals surface area contributed by atoms with E-state index in [2.05, 4.69) is 28.1 Å². The molecule has 0 aromatic heterocycles. The predicted molar refractivity (Wildman–Crippen MR) is 75.4 cm³/mol. The van der Waals surface area contributed by atoms with Crippen LogP contribution >= 0.6 is 15.9 Å². The lowest BCUT2D eigenvalue weighted by molar-refractivity contribution is 0.0745. The molecule has 0 N–H and O–H groups in total. The second-order valence-electron chi connectivity index (χ2n) is 5.02. The van der Waals surface area contributed by atoms with Crippen LogP contribution in [0.1, 0.15) is 29.6 Å². The molecule has 0 bridgehead atoms. The third kappa shape index (κ3) is 2.01. The number of carbonyl (C=O) groups excluding carboxylic acids is 1. The molecule has 0 saturated carbocycles. The molecule has 3 rings (SSSR count). The number of halogens is 1. The molecule has 1 amide bonds. The number of benzene rings is 1. The quantitative estimate of drug-likeness (QED) is 0.726. The highest BCUT2D eigenvalue weighted by atomic mass is 79.9. The number of likely N-dealkylation sites (tertiary alicyclic amines) is 1. The Balaban J connectivity index is 1.87. The highest BCUT2D eigenvalue weighted by Gasteiger charge is 2.36. The Morgan fingerprint density at radius 1 is 1.28 bits per heavy atom. The number of hydrogen-bond acceptors (Lipinski definition) is 1. The van der Waals surface area contributed by atoms with Gasteiger partial charge < -0.3 is 4.90 Å². The fraction of sp³-hybridized carbons (Fsp3) is 0.400. The summed E-state index contributed by atoms with van der Waals surface area (Å²) >= 11 is 3.47. The van der Waals surface area contributed by atoms with Crippen molar-refractivity contribution in [2.75, 3.05) is 6.54 Å². The van der Waals surface area contributed by atoms with E-state index in [4.69, 9.17) is 0 Å². The normalized spacial score (nSPS) is 26.2. The van der Waals surface area contributed by atoms with Crippen molar-refractivity contribution >= 4 is 21.8 Å². The first-order chi connectivity index (χ1) is 8.77. The van der Waals surface area contributed by atoms with Crippen LogP contribution in [-0.2, 0) is 0 Å². The lowest BCUT2D eigenvalue weighted by Crippen LogP contribution is -2.37. The van der Waals surface area contributed by atoms with Crippen molar-refractivity contribution in [3.05, 3.63) is 46.5 Å². The number of hydrogen-bond donors (Lipinski definition) is 0. The van der Waals surface area contributed by atoms with Crippen LogP contribution in [0.2, 0.25) is 0 Å². The summed E-state index contributed by atoms with van der Waals surface area (Å²) in [5.74, 6) is 0.822. The number of allylic oxidation sites excluding steroid dienone is 1. The first-order valence-electron chi connectivity index (χ1n) is 6.49. The Bertz CT molecular complexity index is 497. The molecule has 1 fully saturated rings. The van der Waals surface area contributed by atoms with Crippen molar-refractivity contribution in [3.8, 4) is 0 Å². The molecule has 94 valence electrons. The fourth-order valence-electron chi connectivity index (χ4n) is 3.03. The molecule has 0 unspecified atom stereocenters. The lowest BCUT2D eigenvalue weighted by Gasteiger charge is -2.28. The number of amides is 1. The first-order valence-corrected chi connectivity index (χ1v) is 7.29. The molecule has 1 aromatic rings. The van der Waals surface area contributed by atoms with Gasteiger partial charge in [-0.3, -0.25) is 4.79 Å². The van der Waals surface area contributed by atoms with E-state index in [-0.39, 0.29) is 5.91 Å². The zero-order valence-electron chi connectivity index (χ0n) is 10.2. The average Bonchev–Trinajstić information content (AvgIpc) is 2.82. The van der Waals surface area contributed by atoms with Crippen LogP contribution in [0.15, 0.2) is 40.9 Å². The summed E-state index contributed by atoms with van der Waals surface area (Å²) in [4.78, 5) is 14.6. The molecule has 0 spiro atoms. The van der Waals surface area contributed by atoms with Gasteiger partial charge in [0.2, 0.25) is 0 Å². The first kappa shape index (κ1) is 12.0. The summed E-state index contributed by atoms with van der Waals surface area (Å²) < 4.78 is 0.887. The molecule has 0 radical (unpaired) electrons. The number of nitrogens with zero attached hydrogens (tertiary/aromatic N) is 1. The Kier molecular flexibility index (Phi) is 3.25. The van der Waals surface area contributed by atoms with Gasteiger partial charge >= 0.3 is 0 Å². The Labute approximate surface area is 116 Å². The predicted octanol–water partition coefficient (Wildman–Crippen LogP) is 3.63.